The Labute approximate surface area is 160 Å². The van der Waals surface area contributed by atoms with Gasteiger partial charge in [-0.1, -0.05) is 72.8 Å². The third-order valence-electron chi connectivity index (χ3n) is 6.20. The molecule has 3 heteroatoms. The number of fused-ring (bicyclic) bond motifs is 3. The van der Waals surface area contributed by atoms with E-state index >= 15 is 0 Å². The van der Waals surface area contributed by atoms with E-state index in [0.717, 1.165) is 17.5 Å². The van der Waals surface area contributed by atoms with Gasteiger partial charge in [-0.25, -0.2) is 0 Å². The summed E-state index contributed by atoms with van der Waals surface area (Å²) in [6.07, 6.45) is 1.43. The highest BCUT2D eigenvalue weighted by atomic mass is 16.5. The van der Waals surface area contributed by atoms with Crippen LogP contribution in [0.15, 0.2) is 72.8 Å². The average Bonchev–Trinajstić information content (AvgIpc) is 2.69. The smallest absolute Gasteiger partial charge is 0.0934 e. The summed E-state index contributed by atoms with van der Waals surface area (Å²) in [6.45, 7) is 2.30. The number of aliphatic hydroxyl groups is 1. The molecule has 2 heterocycles. The molecule has 27 heavy (non-hydrogen) atoms. The summed E-state index contributed by atoms with van der Waals surface area (Å²) in [5.74, 6) is 0. The van der Waals surface area contributed by atoms with Gasteiger partial charge in [-0.2, -0.15) is 0 Å². The highest BCUT2D eigenvalue weighted by Crippen LogP contribution is 2.43. The monoisotopic (exact) mass is 359 g/mol. The summed E-state index contributed by atoms with van der Waals surface area (Å²) >= 11 is 0. The summed E-state index contributed by atoms with van der Waals surface area (Å²) in [5.41, 5.74) is 1.59. The Kier molecular flexibility index (Phi) is 4.24. The molecule has 0 spiro atoms. The van der Waals surface area contributed by atoms with E-state index in [1.165, 1.54) is 10.9 Å². The first-order valence-corrected chi connectivity index (χ1v) is 9.81. The van der Waals surface area contributed by atoms with Crippen molar-refractivity contribution in [3.63, 3.8) is 0 Å². The molecule has 138 valence electrons. The minimum Gasteiger partial charge on any atom is -0.385 e. The fourth-order valence-corrected chi connectivity index (χ4v) is 4.95. The first-order chi connectivity index (χ1) is 13.2. The average molecular weight is 359 g/mol. The van der Waals surface area contributed by atoms with Crippen molar-refractivity contribution in [2.45, 2.75) is 37.1 Å². The third-order valence-corrected chi connectivity index (χ3v) is 6.20. The van der Waals surface area contributed by atoms with Crippen LogP contribution in [0.25, 0.3) is 10.8 Å². The lowest BCUT2D eigenvalue weighted by atomic mass is 9.75. The molecule has 2 atom stereocenters. The maximum Gasteiger partial charge on any atom is 0.0934 e. The summed E-state index contributed by atoms with van der Waals surface area (Å²) < 4.78 is 5.87. The van der Waals surface area contributed by atoms with Crippen LogP contribution in [-0.4, -0.2) is 35.3 Å². The number of piperidine rings is 1. The van der Waals surface area contributed by atoms with E-state index in [1.807, 2.05) is 0 Å². The molecule has 0 amide bonds. The van der Waals surface area contributed by atoms with E-state index in [4.69, 9.17) is 4.74 Å². The fraction of sp³-hybridized carbons (Fsp3) is 0.333. The SMILES string of the molecule is OC1(c2cccc3ccccc23)CC2COCC(C1)N2Cc1ccccc1. The lowest BCUT2D eigenvalue weighted by molar-refractivity contribution is -0.149. The van der Waals surface area contributed by atoms with Crippen LogP contribution in [0.1, 0.15) is 24.0 Å². The molecule has 2 saturated heterocycles. The highest BCUT2D eigenvalue weighted by molar-refractivity contribution is 5.86. The minimum atomic E-state index is -0.798. The van der Waals surface area contributed by atoms with Crippen LogP contribution in [0.4, 0.5) is 0 Å². The van der Waals surface area contributed by atoms with E-state index in [-0.39, 0.29) is 12.1 Å². The maximum atomic E-state index is 11.7. The predicted molar refractivity (Wildman–Crippen MR) is 107 cm³/mol. The number of benzene rings is 3. The van der Waals surface area contributed by atoms with Crippen molar-refractivity contribution in [1.29, 1.82) is 0 Å². The first kappa shape index (κ1) is 16.9. The number of morpholine rings is 1. The Balaban J connectivity index is 1.48. The molecule has 2 aliphatic rings. The number of hydrogen-bond donors (Lipinski definition) is 1. The fourth-order valence-electron chi connectivity index (χ4n) is 4.95. The topological polar surface area (TPSA) is 32.7 Å². The third kappa shape index (κ3) is 3.06. The summed E-state index contributed by atoms with van der Waals surface area (Å²) in [7, 11) is 0. The van der Waals surface area contributed by atoms with Crippen LogP contribution < -0.4 is 0 Å². The van der Waals surface area contributed by atoms with Crippen molar-refractivity contribution < 1.29 is 9.84 Å². The molecule has 0 aromatic heterocycles. The minimum absolute atomic E-state index is 0.238. The van der Waals surface area contributed by atoms with Gasteiger partial charge in [-0.15, -0.1) is 0 Å². The van der Waals surface area contributed by atoms with Gasteiger partial charge in [-0.3, -0.25) is 4.90 Å². The molecule has 3 aromatic rings. The van der Waals surface area contributed by atoms with Crippen LogP contribution in [0.2, 0.25) is 0 Å². The summed E-state index contributed by atoms with van der Waals surface area (Å²) in [4.78, 5) is 2.54. The number of rotatable bonds is 3. The summed E-state index contributed by atoms with van der Waals surface area (Å²) in [6, 6.07) is 25.7. The molecule has 5 rings (SSSR count). The van der Waals surface area contributed by atoms with Crippen LogP contribution in [0.5, 0.6) is 0 Å². The van der Waals surface area contributed by atoms with Gasteiger partial charge in [-0.05, 0) is 34.7 Å². The van der Waals surface area contributed by atoms with Gasteiger partial charge in [0.2, 0.25) is 0 Å². The predicted octanol–water partition coefficient (Wildman–Crippen LogP) is 4.09. The molecule has 2 bridgehead atoms. The van der Waals surface area contributed by atoms with Gasteiger partial charge < -0.3 is 9.84 Å². The molecular weight excluding hydrogens is 334 g/mol. The van der Waals surface area contributed by atoms with Crippen molar-refractivity contribution in [2.75, 3.05) is 13.2 Å². The zero-order valence-electron chi connectivity index (χ0n) is 15.4. The van der Waals surface area contributed by atoms with E-state index in [0.29, 0.717) is 26.1 Å². The molecule has 2 unspecified atom stereocenters. The van der Waals surface area contributed by atoms with Crippen molar-refractivity contribution in [3.8, 4) is 0 Å². The number of ether oxygens (including phenoxy) is 1. The van der Waals surface area contributed by atoms with E-state index < -0.39 is 5.60 Å². The normalized spacial score (nSPS) is 28.3. The molecule has 0 radical (unpaired) electrons. The zero-order chi connectivity index (χ0) is 18.3. The Morgan fingerprint density at radius 2 is 1.52 bits per heavy atom. The molecule has 0 aliphatic carbocycles. The van der Waals surface area contributed by atoms with Crippen molar-refractivity contribution in [3.05, 3.63) is 83.9 Å². The highest BCUT2D eigenvalue weighted by Gasteiger charge is 2.47. The lowest BCUT2D eigenvalue weighted by Crippen LogP contribution is -2.60. The molecule has 3 nitrogen and oxygen atoms in total. The Morgan fingerprint density at radius 1 is 0.852 bits per heavy atom. The van der Waals surface area contributed by atoms with Crippen molar-refractivity contribution >= 4 is 10.8 Å². The number of hydrogen-bond acceptors (Lipinski definition) is 3. The van der Waals surface area contributed by atoms with E-state index in [2.05, 4.69) is 77.7 Å². The molecule has 3 aromatic carbocycles. The standard InChI is InChI=1S/C24H25NO2/c26-24(23-12-6-10-19-9-4-5-11-22(19)23)13-20-16-27-17-21(14-24)25(20)15-18-7-2-1-3-8-18/h1-12,20-21,26H,13-17H2. The molecule has 2 fully saturated rings. The van der Waals surface area contributed by atoms with Crippen LogP contribution in [-0.2, 0) is 16.9 Å². The molecular formula is C24H25NO2. The van der Waals surface area contributed by atoms with Gasteiger partial charge in [0.1, 0.15) is 0 Å². The Morgan fingerprint density at radius 3 is 2.30 bits per heavy atom. The van der Waals surface area contributed by atoms with Crippen molar-refractivity contribution in [2.24, 2.45) is 0 Å². The molecule has 1 N–H and O–H groups in total. The van der Waals surface area contributed by atoms with Gasteiger partial charge in [0.15, 0.2) is 0 Å². The van der Waals surface area contributed by atoms with Crippen LogP contribution >= 0.6 is 0 Å². The molecule has 0 saturated carbocycles. The van der Waals surface area contributed by atoms with Crippen LogP contribution in [0.3, 0.4) is 0 Å². The second-order valence-corrected chi connectivity index (χ2v) is 7.97. The molecule has 2 aliphatic heterocycles. The van der Waals surface area contributed by atoms with Gasteiger partial charge >= 0.3 is 0 Å². The summed E-state index contributed by atoms with van der Waals surface area (Å²) in [5, 5.41) is 14.1. The van der Waals surface area contributed by atoms with Crippen molar-refractivity contribution in [1.82, 2.24) is 4.90 Å². The Bertz CT molecular complexity index is 920. The van der Waals surface area contributed by atoms with Crippen LogP contribution in [0, 0.1) is 0 Å². The quantitative estimate of drug-likeness (QED) is 0.764. The maximum absolute atomic E-state index is 11.7. The van der Waals surface area contributed by atoms with Gasteiger partial charge in [0, 0.05) is 18.6 Å². The second kappa shape index (κ2) is 6.75. The van der Waals surface area contributed by atoms with E-state index in [1.54, 1.807) is 0 Å². The Hall–Kier alpha value is -2.20. The second-order valence-electron chi connectivity index (χ2n) is 7.97. The first-order valence-electron chi connectivity index (χ1n) is 9.81. The number of nitrogens with zero attached hydrogens (tertiary/aromatic N) is 1. The zero-order valence-corrected chi connectivity index (χ0v) is 15.4. The lowest BCUT2D eigenvalue weighted by Gasteiger charge is -2.52. The van der Waals surface area contributed by atoms with Gasteiger partial charge in [0.05, 0.1) is 18.8 Å². The van der Waals surface area contributed by atoms with E-state index in [9.17, 15) is 5.11 Å². The van der Waals surface area contributed by atoms with Gasteiger partial charge in [0.25, 0.3) is 0 Å². The largest absolute Gasteiger partial charge is 0.385 e.